The summed E-state index contributed by atoms with van der Waals surface area (Å²) in [7, 11) is 0. The Hall–Kier alpha value is -0.0400. The van der Waals surface area contributed by atoms with E-state index in [0.717, 1.165) is 0 Å². The highest BCUT2D eigenvalue weighted by Gasteiger charge is 2.25. The predicted molar refractivity (Wildman–Crippen MR) is 63.3 cm³/mol. The van der Waals surface area contributed by atoms with Crippen molar-refractivity contribution >= 4 is 0 Å². The van der Waals surface area contributed by atoms with Crippen molar-refractivity contribution < 1.29 is 0 Å². The number of nitrogens with two attached hydrogens (primary N) is 1. The summed E-state index contributed by atoms with van der Waals surface area (Å²) < 4.78 is 0. The van der Waals surface area contributed by atoms with Gasteiger partial charge < -0.3 is 5.73 Å². The van der Waals surface area contributed by atoms with Crippen LogP contribution in [0.25, 0.3) is 0 Å². The first-order chi connectivity index (χ1) is 6.41. The Morgan fingerprint density at radius 1 is 0.714 bits per heavy atom. The van der Waals surface area contributed by atoms with Crippen LogP contribution in [0.2, 0.25) is 0 Å². The first-order valence-electron chi connectivity index (χ1n) is 6.20. The monoisotopic (exact) mass is 197 g/mol. The van der Waals surface area contributed by atoms with E-state index in [4.69, 9.17) is 5.73 Å². The SMILES string of the molecule is CC1(C)CCCCCCC(C)(N)CC1. The number of hydrogen-bond acceptors (Lipinski definition) is 1. The van der Waals surface area contributed by atoms with Gasteiger partial charge in [0.1, 0.15) is 0 Å². The van der Waals surface area contributed by atoms with Gasteiger partial charge in [0, 0.05) is 5.54 Å². The fourth-order valence-corrected chi connectivity index (χ4v) is 2.36. The molecule has 2 N–H and O–H groups in total. The summed E-state index contributed by atoms with van der Waals surface area (Å²) in [4.78, 5) is 0. The van der Waals surface area contributed by atoms with Crippen molar-refractivity contribution in [3.63, 3.8) is 0 Å². The minimum absolute atomic E-state index is 0.0919. The Morgan fingerprint density at radius 3 is 1.93 bits per heavy atom. The van der Waals surface area contributed by atoms with E-state index in [2.05, 4.69) is 20.8 Å². The van der Waals surface area contributed by atoms with Crippen molar-refractivity contribution in [2.45, 2.75) is 77.7 Å². The highest BCUT2D eigenvalue weighted by atomic mass is 14.7. The van der Waals surface area contributed by atoms with Crippen LogP contribution in [0.5, 0.6) is 0 Å². The molecule has 1 rings (SSSR count). The Kier molecular flexibility index (Phi) is 4.00. The fourth-order valence-electron chi connectivity index (χ4n) is 2.36. The van der Waals surface area contributed by atoms with Crippen LogP contribution >= 0.6 is 0 Å². The molecule has 0 aliphatic heterocycles. The molecule has 0 spiro atoms. The second-order valence-corrected chi connectivity index (χ2v) is 6.23. The molecule has 0 saturated heterocycles. The molecule has 0 heterocycles. The first-order valence-corrected chi connectivity index (χ1v) is 6.20. The lowest BCUT2D eigenvalue weighted by atomic mass is 9.76. The Bertz CT molecular complexity index is 150. The molecule has 1 aliphatic carbocycles. The summed E-state index contributed by atoms with van der Waals surface area (Å²) in [5, 5.41) is 0. The average molecular weight is 197 g/mol. The molecule has 1 aliphatic rings. The molecule has 0 aromatic carbocycles. The topological polar surface area (TPSA) is 26.0 Å². The van der Waals surface area contributed by atoms with Crippen molar-refractivity contribution in [1.29, 1.82) is 0 Å². The van der Waals surface area contributed by atoms with Crippen LogP contribution in [0.15, 0.2) is 0 Å². The lowest BCUT2D eigenvalue weighted by Crippen LogP contribution is -2.37. The summed E-state index contributed by atoms with van der Waals surface area (Å²) in [5.41, 5.74) is 6.89. The maximum Gasteiger partial charge on any atom is 0.0126 e. The van der Waals surface area contributed by atoms with Gasteiger partial charge in [-0.2, -0.15) is 0 Å². The lowest BCUT2D eigenvalue weighted by molar-refractivity contribution is 0.235. The standard InChI is InChI=1S/C13H27N/c1-12(2)8-6-4-5-7-9-13(3,14)11-10-12/h4-11,14H2,1-3H3. The van der Waals surface area contributed by atoms with Crippen molar-refractivity contribution in [3.05, 3.63) is 0 Å². The zero-order valence-electron chi connectivity index (χ0n) is 10.2. The quantitative estimate of drug-likeness (QED) is 0.627. The largest absolute Gasteiger partial charge is 0.325 e. The predicted octanol–water partition coefficient (Wildman–Crippen LogP) is 3.86. The maximum atomic E-state index is 6.29. The highest BCUT2D eigenvalue weighted by molar-refractivity contribution is 4.83. The van der Waals surface area contributed by atoms with Gasteiger partial charge in [-0.15, -0.1) is 0 Å². The van der Waals surface area contributed by atoms with Gasteiger partial charge in [0.25, 0.3) is 0 Å². The van der Waals surface area contributed by atoms with Gasteiger partial charge in [-0.1, -0.05) is 39.5 Å². The molecule has 0 aromatic rings. The zero-order valence-corrected chi connectivity index (χ0v) is 10.2. The minimum atomic E-state index is 0.0919. The van der Waals surface area contributed by atoms with E-state index in [1.54, 1.807) is 0 Å². The van der Waals surface area contributed by atoms with Crippen molar-refractivity contribution in [2.75, 3.05) is 0 Å². The Labute approximate surface area is 89.5 Å². The molecule has 0 amide bonds. The molecule has 1 fully saturated rings. The van der Waals surface area contributed by atoms with E-state index in [0.29, 0.717) is 5.41 Å². The maximum absolute atomic E-state index is 6.29. The first kappa shape index (κ1) is 12.0. The molecular weight excluding hydrogens is 170 g/mol. The van der Waals surface area contributed by atoms with Crippen molar-refractivity contribution in [3.8, 4) is 0 Å². The van der Waals surface area contributed by atoms with Gasteiger partial charge in [-0.3, -0.25) is 0 Å². The minimum Gasteiger partial charge on any atom is -0.325 e. The van der Waals surface area contributed by atoms with Crippen LogP contribution in [0.4, 0.5) is 0 Å². The van der Waals surface area contributed by atoms with Crippen LogP contribution < -0.4 is 5.73 Å². The molecule has 1 saturated carbocycles. The average Bonchev–Trinajstić information content (AvgIpc) is 2.08. The summed E-state index contributed by atoms with van der Waals surface area (Å²) in [6, 6.07) is 0. The Balaban J connectivity index is 2.50. The molecule has 0 radical (unpaired) electrons. The zero-order chi connectivity index (χ0) is 10.7. The molecule has 1 atom stereocenters. The van der Waals surface area contributed by atoms with Crippen molar-refractivity contribution in [1.82, 2.24) is 0 Å². The molecule has 84 valence electrons. The van der Waals surface area contributed by atoms with Gasteiger partial charge in [-0.05, 0) is 38.0 Å². The van der Waals surface area contributed by atoms with Gasteiger partial charge in [0.05, 0.1) is 0 Å². The van der Waals surface area contributed by atoms with Crippen LogP contribution in [0.3, 0.4) is 0 Å². The van der Waals surface area contributed by atoms with E-state index in [1.165, 1.54) is 51.4 Å². The summed E-state index contributed by atoms with van der Waals surface area (Å²) in [6.45, 7) is 7.01. The second-order valence-electron chi connectivity index (χ2n) is 6.23. The molecule has 1 nitrogen and oxygen atoms in total. The molecular formula is C13H27N. The third kappa shape index (κ3) is 4.45. The summed E-state index contributed by atoms with van der Waals surface area (Å²) >= 11 is 0. The van der Waals surface area contributed by atoms with E-state index >= 15 is 0 Å². The van der Waals surface area contributed by atoms with Gasteiger partial charge in [0.2, 0.25) is 0 Å². The van der Waals surface area contributed by atoms with Gasteiger partial charge in [-0.25, -0.2) is 0 Å². The third-order valence-corrected chi connectivity index (χ3v) is 3.72. The van der Waals surface area contributed by atoms with Crippen LogP contribution in [-0.2, 0) is 0 Å². The van der Waals surface area contributed by atoms with E-state index in [-0.39, 0.29) is 5.54 Å². The smallest absolute Gasteiger partial charge is 0.0126 e. The molecule has 1 unspecified atom stereocenters. The number of hydrogen-bond donors (Lipinski definition) is 1. The Morgan fingerprint density at radius 2 is 1.29 bits per heavy atom. The normalized spacial score (nSPS) is 35.1. The van der Waals surface area contributed by atoms with E-state index in [1.807, 2.05) is 0 Å². The molecule has 14 heavy (non-hydrogen) atoms. The van der Waals surface area contributed by atoms with Crippen LogP contribution in [0, 0.1) is 5.41 Å². The summed E-state index contributed by atoms with van der Waals surface area (Å²) in [5.74, 6) is 0. The van der Waals surface area contributed by atoms with E-state index < -0.39 is 0 Å². The third-order valence-electron chi connectivity index (χ3n) is 3.72. The molecule has 1 heteroatoms. The van der Waals surface area contributed by atoms with Gasteiger partial charge in [0.15, 0.2) is 0 Å². The highest BCUT2D eigenvalue weighted by Crippen LogP contribution is 2.34. The summed E-state index contributed by atoms with van der Waals surface area (Å²) in [6.07, 6.45) is 10.6. The number of rotatable bonds is 0. The van der Waals surface area contributed by atoms with Crippen LogP contribution in [-0.4, -0.2) is 5.54 Å². The molecule has 0 bridgehead atoms. The molecule has 0 aromatic heterocycles. The van der Waals surface area contributed by atoms with E-state index in [9.17, 15) is 0 Å². The lowest BCUT2D eigenvalue weighted by Gasteiger charge is -2.32. The second kappa shape index (κ2) is 4.65. The fraction of sp³-hybridized carbons (Fsp3) is 1.00. The van der Waals surface area contributed by atoms with Crippen LogP contribution in [0.1, 0.15) is 72.1 Å². The van der Waals surface area contributed by atoms with Gasteiger partial charge >= 0.3 is 0 Å². The van der Waals surface area contributed by atoms with Crippen molar-refractivity contribution in [2.24, 2.45) is 11.1 Å².